The molecule has 0 bridgehead atoms. The Bertz CT molecular complexity index is 1390. The second-order valence-electron chi connectivity index (χ2n) is 15.0. The number of hydrogen-bond donors (Lipinski definition) is 10. The number of ketones is 2. The molecule has 0 radical (unpaired) electrons. The van der Waals surface area contributed by atoms with E-state index in [2.05, 4.69) is 37.2 Å². The SMILES string of the molecule is CC(=O)CN[C@@H](CCCCNC(=O)COCCOCCNC(=O)COCCOCCNC(=O)CCCC(=O)NCCCC[C@H](N)C(=O)NCCCC[C@H](NCC(C)=O)C(N)=O)C(N)=O. The molecule has 0 spiro atoms. The Kier molecular flexibility index (Phi) is 37.0. The Hall–Kier alpha value is -4.65. The maximum atomic E-state index is 12.2. The van der Waals surface area contributed by atoms with Gasteiger partial charge in [0.2, 0.25) is 41.4 Å². The van der Waals surface area contributed by atoms with Crippen molar-refractivity contribution in [3.05, 3.63) is 0 Å². The molecular weight excluding hydrogens is 841 g/mol. The summed E-state index contributed by atoms with van der Waals surface area (Å²) in [6, 6.07) is -1.87. The first-order valence-electron chi connectivity index (χ1n) is 22.1. The van der Waals surface area contributed by atoms with Crippen molar-refractivity contribution in [3.63, 3.8) is 0 Å². The average molecular weight is 917 g/mol. The minimum absolute atomic E-state index is 0.0705. The van der Waals surface area contributed by atoms with E-state index in [4.69, 9.17) is 36.1 Å². The first-order valence-corrected chi connectivity index (χ1v) is 22.1. The third kappa shape index (κ3) is 37.9. The average Bonchev–Trinajstić information content (AvgIpc) is 3.23. The summed E-state index contributed by atoms with van der Waals surface area (Å²) < 4.78 is 21.3. The Morgan fingerprint density at radius 3 is 1.25 bits per heavy atom. The number of nitrogens with two attached hydrogens (primary N) is 3. The number of carbonyl (C=O) groups excluding carboxylic acids is 9. The minimum Gasteiger partial charge on any atom is -0.377 e. The lowest BCUT2D eigenvalue weighted by molar-refractivity contribution is -0.127. The zero-order valence-corrected chi connectivity index (χ0v) is 37.9. The van der Waals surface area contributed by atoms with Crippen molar-refractivity contribution in [3.8, 4) is 0 Å². The fraction of sp³-hybridized carbons (Fsp3) is 0.780. The smallest absolute Gasteiger partial charge is 0.246 e. The Morgan fingerprint density at radius 2 is 0.812 bits per heavy atom. The first kappa shape index (κ1) is 59.4. The third-order valence-electron chi connectivity index (χ3n) is 9.10. The van der Waals surface area contributed by atoms with Crippen molar-refractivity contribution >= 4 is 52.9 Å². The highest BCUT2D eigenvalue weighted by molar-refractivity contribution is 5.83. The lowest BCUT2D eigenvalue weighted by atomic mass is 10.1. The molecule has 0 saturated heterocycles. The van der Waals surface area contributed by atoms with E-state index in [1.807, 2.05) is 0 Å². The lowest BCUT2D eigenvalue weighted by Crippen LogP contribution is -2.43. The van der Waals surface area contributed by atoms with Crippen LogP contribution in [0.2, 0.25) is 0 Å². The summed E-state index contributed by atoms with van der Waals surface area (Å²) in [5.74, 6) is -2.48. The van der Waals surface area contributed by atoms with Crippen LogP contribution >= 0.6 is 0 Å². The van der Waals surface area contributed by atoms with E-state index >= 15 is 0 Å². The van der Waals surface area contributed by atoms with Crippen LogP contribution in [0.1, 0.15) is 90.9 Å². The molecule has 3 atom stereocenters. The molecule has 0 aliphatic heterocycles. The number of nitrogens with one attached hydrogen (secondary N) is 7. The molecule has 0 fully saturated rings. The van der Waals surface area contributed by atoms with Gasteiger partial charge in [-0.2, -0.15) is 0 Å². The number of unbranched alkanes of at least 4 members (excludes halogenated alkanes) is 3. The van der Waals surface area contributed by atoms with E-state index in [1.54, 1.807) is 0 Å². The van der Waals surface area contributed by atoms with Gasteiger partial charge < -0.3 is 62.7 Å². The van der Waals surface area contributed by atoms with Gasteiger partial charge >= 0.3 is 0 Å². The van der Waals surface area contributed by atoms with Crippen molar-refractivity contribution in [1.29, 1.82) is 0 Å². The maximum Gasteiger partial charge on any atom is 0.246 e. The molecule has 368 valence electrons. The number of amides is 7. The zero-order chi connectivity index (χ0) is 47.8. The summed E-state index contributed by atoms with van der Waals surface area (Å²) >= 11 is 0. The van der Waals surface area contributed by atoms with Crippen LogP contribution in [0.15, 0.2) is 0 Å². The van der Waals surface area contributed by atoms with Crippen LogP contribution in [0.5, 0.6) is 0 Å². The number of ether oxygens (including phenoxy) is 4. The van der Waals surface area contributed by atoms with E-state index in [9.17, 15) is 43.2 Å². The van der Waals surface area contributed by atoms with Gasteiger partial charge in [-0.1, -0.05) is 0 Å². The maximum absolute atomic E-state index is 12.2. The van der Waals surface area contributed by atoms with E-state index < -0.39 is 29.9 Å². The molecular formula is C41H76N10O13. The molecule has 0 heterocycles. The number of rotatable bonds is 44. The number of primary amides is 2. The molecule has 64 heavy (non-hydrogen) atoms. The molecule has 7 amide bonds. The topological polar surface area (TPSA) is 353 Å². The molecule has 0 rings (SSSR count). The monoisotopic (exact) mass is 917 g/mol. The van der Waals surface area contributed by atoms with Crippen molar-refractivity contribution in [2.75, 3.05) is 98.7 Å². The fourth-order valence-corrected chi connectivity index (χ4v) is 5.57. The number of Topliss-reactive ketones (excluding diaryl/α,β-unsaturated/α-hetero) is 2. The molecule has 0 aromatic carbocycles. The summed E-state index contributed by atoms with van der Waals surface area (Å²) in [6.45, 7) is 5.82. The predicted molar refractivity (Wildman–Crippen MR) is 235 cm³/mol. The number of hydrogen-bond acceptors (Lipinski definition) is 16. The summed E-state index contributed by atoms with van der Waals surface area (Å²) in [5, 5.41) is 19.3. The molecule has 13 N–H and O–H groups in total. The third-order valence-corrected chi connectivity index (χ3v) is 9.10. The summed E-state index contributed by atoms with van der Waals surface area (Å²) in [5.41, 5.74) is 16.7. The van der Waals surface area contributed by atoms with Gasteiger partial charge in [0.1, 0.15) is 24.8 Å². The molecule has 0 unspecified atom stereocenters. The first-order chi connectivity index (χ1) is 30.6. The second-order valence-corrected chi connectivity index (χ2v) is 15.0. The quantitative estimate of drug-likeness (QED) is 0.0268. The van der Waals surface area contributed by atoms with Crippen LogP contribution in [0, 0.1) is 0 Å². The largest absolute Gasteiger partial charge is 0.377 e. The molecule has 0 aromatic heterocycles. The van der Waals surface area contributed by atoms with E-state index in [1.165, 1.54) is 13.8 Å². The van der Waals surface area contributed by atoms with Crippen molar-refractivity contribution in [2.24, 2.45) is 17.2 Å². The highest BCUT2D eigenvalue weighted by Crippen LogP contribution is 2.03. The normalized spacial score (nSPS) is 12.4. The van der Waals surface area contributed by atoms with Crippen molar-refractivity contribution < 1.29 is 62.1 Å². The van der Waals surface area contributed by atoms with Crippen LogP contribution in [-0.4, -0.2) is 170 Å². The van der Waals surface area contributed by atoms with Gasteiger partial charge in [-0.25, -0.2) is 0 Å². The molecule has 23 nitrogen and oxygen atoms in total. The summed E-state index contributed by atoms with van der Waals surface area (Å²) in [7, 11) is 0. The highest BCUT2D eigenvalue weighted by atomic mass is 16.5. The van der Waals surface area contributed by atoms with Gasteiger partial charge in [0.05, 0.1) is 70.9 Å². The molecule has 0 aliphatic carbocycles. The molecule has 0 aliphatic rings. The fourth-order valence-electron chi connectivity index (χ4n) is 5.57. The van der Waals surface area contributed by atoms with Gasteiger partial charge in [0, 0.05) is 45.6 Å². The summed E-state index contributed by atoms with van der Waals surface area (Å²) in [6.07, 6.45) is 5.95. The Morgan fingerprint density at radius 1 is 0.438 bits per heavy atom. The van der Waals surface area contributed by atoms with Crippen LogP contribution in [0.4, 0.5) is 0 Å². The van der Waals surface area contributed by atoms with Crippen molar-refractivity contribution in [1.82, 2.24) is 37.2 Å². The zero-order valence-electron chi connectivity index (χ0n) is 37.9. The van der Waals surface area contributed by atoms with Crippen molar-refractivity contribution in [2.45, 2.75) is 109 Å². The van der Waals surface area contributed by atoms with Crippen LogP contribution < -0.4 is 54.4 Å². The van der Waals surface area contributed by atoms with Crippen LogP contribution in [0.3, 0.4) is 0 Å². The minimum atomic E-state index is -0.678. The van der Waals surface area contributed by atoms with Gasteiger partial charge in [-0.3, -0.25) is 53.8 Å². The summed E-state index contributed by atoms with van der Waals surface area (Å²) in [4.78, 5) is 105. The molecule has 0 saturated carbocycles. The van der Waals surface area contributed by atoms with Gasteiger partial charge in [-0.15, -0.1) is 0 Å². The van der Waals surface area contributed by atoms with E-state index in [0.29, 0.717) is 83.8 Å². The van der Waals surface area contributed by atoms with Gasteiger partial charge in [0.15, 0.2) is 0 Å². The molecule has 23 heteroatoms. The highest BCUT2D eigenvalue weighted by Gasteiger charge is 2.17. The van der Waals surface area contributed by atoms with Crippen LogP contribution in [0.25, 0.3) is 0 Å². The molecule has 0 aromatic rings. The van der Waals surface area contributed by atoms with Crippen LogP contribution in [-0.2, 0) is 62.1 Å². The Labute approximate surface area is 376 Å². The Balaban J connectivity index is 3.63. The number of carbonyl (C=O) groups is 9. The predicted octanol–water partition coefficient (Wildman–Crippen LogP) is -3.29. The van der Waals surface area contributed by atoms with E-state index in [-0.39, 0.29) is 133 Å². The van der Waals surface area contributed by atoms with Gasteiger partial charge in [-0.05, 0) is 78.1 Å². The van der Waals surface area contributed by atoms with Gasteiger partial charge in [0.25, 0.3) is 0 Å². The standard InChI is InChI=1S/C41H76N10O13/c1-30(52)26-50-33(39(43)58)11-4-7-16-46-37(56)28-63-24-23-62-21-19-48-38(57)29-64-25-22-61-20-18-47-36(55)14-9-13-35(54)45-15-6-3-10-32(42)41(60)49-17-8-5-12-34(40(44)59)51-27-31(2)53/h32-34,50-51H,3-29,42H2,1-2H3,(H2,43,58)(H2,44,59)(H,45,54)(H,46,56)(H,47,55)(H,48,57)(H,49,60)/t32-,33-,34-/m0/s1. The van der Waals surface area contributed by atoms with E-state index in [0.717, 1.165) is 0 Å². The second kappa shape index (κ2) is 39.9. The lowest BCUT2D eigenvalue weighted by Gasteiger charge is -2.15.